The zero-order valence-electron chi connectivity index (χ0n) is 16.1. The second-order valence-electron chi connectivity index (χ2n) is 7.72. The minimum atomic E-state index is -0.240. The zero-order chi connectivity index (χ0) is 17.5. The standard InChI is InChI=1S/C22H40O2/c1-2-3-4-5-6-7-8-9-10-11-12-13-14-18-21(23)20-17-15-16-19-22(20)24/h20H,2-19H2,1H3. The van der Waals surface area contributed by atoms with E-state index in [0.29, 0.717) is 12.8 Å². The molecule has 0 aliphatic heterocycles. The maximum atomic E-state index is 12.1. The Bertz CT molecular complexity index is 335. The molecular weight excluding hydrogens is 296 g/mol. The SMILES string of the molecule is CCCCCCCCCCCCCCCC(=O)C1CCCCC1=O. The third kappa shape index (κ3) is 10.3. The van der Waals surface area contributed by atoms with Gasteiger partial charge in [0, 0.05) is 12.8 Å². The number of hydrogen-bond acceptors (Lipinski definition) is 2. The highest BCUT2D eigenvalue weighted by molar-refractivity contribution is 6.02. The van der Waals surface area contributed by atoms with Crippen LogP contribution in [-0.2, 0) is 9.59 Å². The van der Waals surface area contributed by atoms with E-state index in [1.165, 1.54) is 70.6 Å². The van der Waals surface area contributed by atoms with Crippen molar-refractivity contribution in [3.05, 3.63) is 0 Å². The predicted octanol–water partition coefficient (Wildman–Crippen LogP) is 6.80. The first-order valence-corrected chi connectivity index (χ1v) is 10.8. The summed E-state index contributed by atoms with van der Waals surface area (Å²) in [6.07, 6.45) is 21.4. The van der Waals surface area contributed by atoms with Crippen LogP contribution in [0.15, 0.2) is 0 Å². The van der Waals surface area contributed by atoms with E-state index in [-0.39, 0.29) is 17.5 Å². The molecule has 1 unspecified atom stereocenters. The summed E-state index contributed by atoms with van der Waals surface area (Å²) in [5.41, 5.74) is 0. The van der Waals surface area contributed by atoms with Crippen LogP contribution >= 0.6 is 0 Å². The monoisotopic (exact) mass is 336 g/mol. The van der Waals surface area contributed by atoms with Gasteiger partial charge in [-0.3, -0.25) is 9.59 Å². The van der Waals surface area contributed by atoms with Crippen LogP contribution in [0.5, 0.6) is 0 Å². The fourth-order valence-electron chi connectivity index (χ4n) is 3.81. The summed E-state index contributed by atoms with van der Waals surface area (Å²) in [5, 5.41) is 0. The van der Waals surface area contributed by atoms with E-state index in [1.54, 1.807) is 0 Å². The lowest BCUT2D eigenvalue weighted by atomic mass is 9.83. The Kier molecular flexibility index (Phi) is 13.1. The minimum Gasteiger partial charge on any atom is -0.299 e. The van der Waals surface area contributed by atoms with Crippen molar-refractivity contribution in [2.45, 2.75) is 122 Å². The lowest BCUT2D eigenvalue weighted by Crippen LogP contribution is -2.27. The fraction of sp³-hybridized carbons (Fsp3) is 0.909. The van der Waals surface area contributed by atoms with Crippen molar-refractivity contribution in [3.63, 3.8) is 0 Å². The van der Waals surface area contributed by atoms with Crippen molar-refractivity contribution in [1.29, 1.82) is 0 Å². The molecule has 1 rings (SSSR count). The van der Waals surface area contributed by atoms with E-state index in [9.17, 15) is 9.59 Å². The highest BCUT2D eigenvalue weighted by Crippen LogP contribution is 2.23. The van der Waals surface area contributed by atoms with Crippen LogP contribution in [0.4, 0.5) is 0 Å². The lowest BCUT2D eigenvalue weighted by molar-refractivity contribution is -0.134. The molecule has 0 bridgehead atoms. The molecule has 1 aliphatic rings. The van der Waals surface area contributed by atoms with Crippen LogP contribution in [0, 0.1) is 5.92 Å². The van der Waals surface area contributed by atoms with Gasteiger partial charge in [0.15, 0.2) is 0 Å². The van der Waals surface area contributed by atoms with Gasteiger partial charge in [-0.15, -0.1) is 0 Å². The van der Waals surface area contributed by atoms with Gasteiger partial charge < -0.3 is 0 Å². The number of carbonyl (C=O) groups is 2. The Balaban J connectivity index is 1.83. The van der Waals surface area contributed by atoms with Crippen molar-refractivity contribution < 1.29 is 9.59 Å². The van der Waals surface area contributed by atoms with Gasteiger partial charge in [-0.2, -0.15) is 0 Å². The highest BCUT2D eigenvalue weighted by Gasteiger charge is 2.27. The number of ketones is 2. The third-order valence-electron chi connectivity index (χ3n) is 5.47. The van der Waals surface area contributed by atoms with E-state index in [1.807, 2.05) is 0 Å². The Morgan fingerprint density at radius 3 is 1.79 bits per heavy atom. The van der Waals surface area contributed by atoms with Gasteiger partial charge >= 0.3 is 0 Å². The molecule has 24 heavy (non-hydrogen) atoms. The zero-order valence-corrected chi connectivity index (χ0v) is 16.1. The summed E-state index contributed by atoms with van der Waals surface area (Å²) in [6, 6.07) is 0. The van der Waals surface area contributed by atoms with Gasteiger partial charge in [0.05, 0.1) is 5.92 Å². The summed E-state index contributed by atoms with van der Waals surface area (Å²) < 4.78 is 0. The first-order chi connectivity index (χ1) is 11.8. The van der Waals surface area contributed by atoms with Gasteiger partial charge in [-0.05, 0) is 19.3 Å². The molecule has 2 nitrogen and oxygen atoms in total. The summed E-state index contributed by atoms with van der Waals surface area (Å²) in [5.74, 6) is 0.194. The van der Waals surface area contributed by atoms with Crippen LogP contribution in [0.25, 0.3) is 0 Å². The predicted molar refractivity (Wildman–Crippen MR) is 102 cm³/mol. The molecule has 0 aromatic heterocycles. The van der Waals surface area contributed by atoms with Crippen LogP contribution < -0.4 is 0 Å². The number of Topliss-reactive ketones (excluding diaryl/α,β-unsaturated/α-hetero) is 2. The van der Waals surface area contributed by atoms with Crippen LogP contribution in [-0.4, -0.2) is 11.6 Å². The van der Waals surface area contributed by atoms with E-state index < -0.39 is 0 Å². The topological polar surface area (TPSA) is 34.1 Å². The Morgan fingerprint density at radius 1 is 0.792 bits per heavy atom. The molecule has 0 radical (unpaired) electrons. The molecule has 0 saturated heterocycles. The molecular formula is C22H40O2. The van der Waals surface area contributed by atoms with E-state index in [2.05, 4.69) is 6.92 Å². The first-order valence-electron chi connectivity index (χ1n) is 10.8. The fourth-order valence-corrected chi connectivity index (χ4v) is 3.81. The Hall–Kier alpha value is -0.660. The summed E-state index contributed by atoms with van der Waals surface area (Å²) >= 11 is 0. The van der Waals surface area contributed by atoms with Crippen molar-refractivity contribution in [2.75, 3.05) is 0 Å². The molecule has 0 heterocycles. The normalized spacial score (nSPS) is 18.0. The number of hydrogen-bond donors (Lipinski definition) is 0. The third-order valence-corrected chi connectivity index (χ3v) is 5.47. The Morgan fingerprint density at radius 2 is 1.29 bits per heavy atom. The van der Waals surface area contributed by atoms with Crippen LogP contribution in [0.3, 0.4) is 0 Å². The van der Waals surface area contributed by atoms with Gasteiger partial charge in [-0.1, -0.05) is 90.4 Å². The summed E-state index contributed by atoms with van der Waals surface area (Å²) in [4.78, 5) is 23.8. The molecule has 0 aromatic rings. The molecule has 0 amide bonds. The molecule has 0 aromatic carbocycles. The Labute approximate surface area is 150 Å². The molecule has 1 atom stereocenters. The average Bonchev–Trinajstić information content (AvgIpc) is 2.59. The van der Waals surface area contributed by atoms with Gasteiger partial charge in [0.2, 0.25) is 0 Å². The largest absolute Gasteiger partial charge is 0.299 e. The highest BCUT2D eigenvalue weighted by atomic mass is 16.1. The number of unbranched alkanes of at least 4 members (excludes halogenated alkanes) is 12. The van der Waals surface area contributed by atoms with Gasteiger partial charge in [0.1, 0.15) is 11.6 Å². The molecule has 2 heteroatoms. The minimum absolute atomic E-state index is 0.209. The van der Waals surface area contributed by atoms with Crippen molar-refractivity contribution in [2.24, 2.45) is 5.92 Å². The van der Waals surface area contributed by atoms with Gasteiger partial charge in [-0.25, -0.2) is 0 Å². The summed E-state index contributed by atoms with van der Waals surface area (Å²) in [7, 11) is 0. The molecule has 140 valence electrons. The van der Waals surface area contributed by atoms with E-state index in [0.717, 1.165) is 32.1 Å². The molecule has 1 aliphatic carbocycles. The molecule has 0 N–H and O–H groups in total. The van der Waals surface area contributed by atoms with Crippen LogP contribution in [0.1, 0.15) is 122 Å². The summed E-state index contributed by atoms with van der Waals surface area (Å²) in [6.45, 7) is 2.27. The molecule has 1 fully saturated rings. The average molecular weight is 337 g/mol. The van der Waals surface area contributed by atoms with Crippen molar-refractivity contribution in [1.82, 2.24) is 0 Å². The maximum Gasteiger partial charge on any atom is 0.143 e. The lowest BCUT2D eigenvalue weighted by Gasteiger charge is -2.19. The number of rotatable bonds is 15. The van der Waals surface area contributed by atoms with E-state index in [4.69, 9.17) is 0 Å². The maximum absolute atomic E-state index is 12.1. The quantitative estimate of drug-likeness (QED) is 0.243. The first kappa shape index (κ1) is 21.4. The number of carbonyl (C=O) groups excluding carboxylic acids is 2. The molecule has 0 spiro atoms. The van der Waals surface area contributed by atoms with Crippen molar-refractivity contribution in [3.8, 4) is 0 Å². The molecule has 1 saturated carbocycles. The van der Waals surface area contributed by atoms with Gasteiger partial charge in [0.25, 0.3) is 0 Å². The van der Waals surface area contributed by atoms with E-state index >= 15 is 0 Å². The second kappa shape index (κ2) is 14.7. The van der Waals surface area contributed by atoms with Crippen LogP contribution in [0.2, 0.25) is 0 Å². The second-order valence-corrected chi connectivity index (χ2v) is 7.72. The smallest absolute Gasteiger partial charge is 0.143 e. The van der Waals surface area contributed by atoms with Crippen molar-refractivity contribution >= 4 is 11.6 Å².